The van der Waals surface area contributed by atoms with E-state index < -0.39 is 0 Å². The van der Waals surface area contributed by atoms with E-state index in [-0.39, 0.29) is 6.04 Å². The first-order valence-electron chi connectivity index (χ1n) is 7.97. The van der Waals surface area contributed by atoms with Gasteiger partial charge >= 0.3 is 0 Å². The third kappa shape index (κ3) is 2.18. The Kier molecular flexibility index (Phi) is 3.46. The maximum atomic E-state index is 5.65. The van der Waals surface area contributed by atoms with Gasteiger partial charge in [0.05, 0.1) is 32.0 Å². The molecule has 118 valence electrons. The van der Waals surface area contributed by atoms with Crippen LogP contribution in [0.1, 0.15) is 22.9 Å². The van der Waals surface area contributed by atoms with Crippen molar-refractivity contribution in [1.82, 2.24) is 4.98 Å². The summed E-state index contributed by atoms with van der Waals surface area (Å²) in [5.74, 6) is 1.60. The van der Waals surface area contributed by atoms with Crippen LogP contribution in [0.25, 0.3) is 10.9 Å². The summed E-state index contributed by atoms with van der Waals surface area (Å²) in [6.07, 6.45) is 1.09. The Morgan fingerprint density at radius 1 is 1.04 bits per heavy atom. The number of hydrogen-bond acceptors (Lipinski definition) is 2. The molecule has 1 aliphatic heterocycles. The van der Waals surface area contributed by atoms with Gasteiger partial charge in [-0.3, -0.25) is 0 Å². The maximum absolute atomic E-state index is 5.65. The molecule has 4 rings (SSSR count). The summed E-state index contributed by atoms with van der Waals surface area (Å²) in [6, 6.07) is 14.8. The molecule has 1 aromatic heterocycles. The molecule has 0 fully saturated rings. The molecule has 1 atom stereocenters. The van der Waals surface area contributed by atoms with Gasteiger partial charge in [0, 0.05) is 17.3 Å². The summed E-state index contributed by atoms with van der Waals surface area (Å²) in [7, 11) is 3.39. The molecule has 0 spiro atoms. The Balaban J connectivity index is 1.90. The van der Waals surface area contributed by atoms with Gasteiger partial charge in [0.1, 0.15) is 0 Å². The number of hydrogen-bond donors (Lipinski definition) is 2. The Morgan fingerprint density at radius 2 is 1.91 bits per heavy atom. The van der Waals surface area contributed by atoms with Gasteiger partial charge in [-0.2, -0.15) is 0 Å². The first-order valence-corrected chi connectivity index (χ1v) is 7.97. The van der Waals surface area contributed by atoms with Crippen LogP contribution >= 0.6 is 0 Å². The molecule has 3 N–H and O–H groups in total. The van der Waals surface area contributed by atoms with Gasteiger partial charge in [0.2, 0.25) is 0 Å². The second-order valence-corrected chi connectivity index (χ2v) is 5.90. The number of ether oxygens (including phenoxy) is 2. The molecule has 2 aromatic carbocycles. The number of benzene rings is 2. The topological polar surface area (TPSA) is 50.9 Å². The first-order chi connectivity index (χ1) is 11.3. The molecular weight excluding hydrogens is 288 g/mol. The lowest BCUT2D eigenvalue weighted by Gasteiger charge is -2.23. The maximum Gasteiger partial charge on any atom is 0.170 e. The molecule has 0 aliphatic carbocycles. The summed E-state index contributed by atoms with van der Waals surface area (Å²) in [5.41, 5.74) is 5.07. The summed E-state index contributed by atoms with van der Waals surface area (Å²) < 4.78 is 11.1. The van der Waals surface area contributed by atoms with Crippen molar-refractivity contribution in [2.24, 2.45) is 0 Å². The number of para-hydroxylation sites is 2. The fraction of sp³-hybridized carbons (Fsp3) is 0.263. The average molecular weight is 309 g/mol. The van der Waals surface area contributed by atoms with Crippen LogP contribution in [-0.4, -0.2) is 25.7 Å². The van der Waals surface area contributed by atoms with E-state index in [1.54, 1.807) is 14.2 Å². The smallest absolute Gasteiger partial charge is 0.170 e. The van der Waals surface area contributed by atoms with Crippen molar-refractivity contribution in [3.8, 4) is 11.5 Å². The summed E-state index contributed by atoms with van der Waals surface area (Å²) in [5, 5.41) is 3.71. The second kappa shape index (κ2) is 5.63. The lowest BCUT2D eigenvalue weighted by molar-refractivity contribution is -0.690. The fourth-order valence-corrected chi connectivity index (χ4v) is 3.71. The van der Waals surface area contributed by atoms with E-state index in [9.17, 15) is 0 Å². The number of nitrogens with one attached hydrogen (secondary N) is 1. The Morgan fingerprint density at radius 3 is 2.74 bits per heavy atom. The summed E-state index contributed by atoms with van der Waals surface area (Å²) in [6.45, 7) is 1.07. The van der Waals surface area contributed by atoms with E-state index in [1.165, 1.54) is 22.2 Å². The molecule has 3 aromatic rings. The number of aromatic nitrogens is 1. The molecule has 4 nitrogen and oxygen atoms in total. The van der Waals surface area contributed by atoms with Crippen LogP contribution in [0.4, 0.5) is 0 Å². The van der Waals surface area contributed by atoms with Crippen molar-refractivity contribution < 1.29 is 14.8 Å². The largest absolute Gasteiger partial charge is 0.493 e. The summed E-state index contributed by atoms with van der Waals surface area (Å²) >= 11 is 0. The first kappa shape index (κ1) is 14.2. The molecule has 4 heteroatoms. The van der Waals surface area contributed by atoms with Gasteiger partial charge in [-0.1, -0.05) is 24.3 Å². The van der Waals surface area contributed by atoms with Gasteiger partial charge in [0.25, 0.3) is 0 Å². The normalized spacial score (nSPS) is 17.0. The van der Waals surface area contributed by atoms with Crippen molar-refractivity contribution in [2.75, 3.05) is 20.8 Å². The van der Waals surface area contributed by atoms with Crippen molar-refractivity contribution in [3.05, 3.63) is 59.3 Å². The van der Waals surface area contributed by atoms with E-state index in [2.05, 4.69) is 40.6 Å². The molecule has 0 amide bonds. The van der Waals surface area contributed by atoms with Crippen molar-refractivity contribution >= 4 is 10.9 Å². The van der Waals surface area contributed by atoms with Crippen LogP contribution in [0.2, 0.25) is 0 Å². The fourth-order valence-electron chi connectivity index (χ4n) is 3.71. The number of rotatable bonds is 3. The summed E-state index contributed by atoms with van der Waals surface area (Å²) in [4.78, 5) is 3.63. The predicted octanol–water partition coefficient (Wildman–Crippen LogP) is 2.39. The van der Waals surface area contributed by atoms with Crippen LogP contribution in [0.5, 0.6) is 11.5 Å². The van der Waals surface area contributed by atoms with Crippen LogP contribution < -0.4 is 14.8 Å². The standard InChI is InChI=1S/C19H20N2O2/c1-22-16-9-5-7-14(19(16)23-2)17-18-13(10-11-20-17)12-6-3-4-8-15(12)21-18/h3-9,17,20-21H,10-11H2,1-2H3/p+1/t17-/m1/s1. The number of nitrogens with two attached hydrogens (primary N) is 1. The van der Waals surface area contributed by atoms with Gasteiger partial charge in [-0.05, 0) is 23.8 Å². The molecular formula is C19H21N2O2+. The monoisotopic (exact) mass is 309 g/mol. The third-order valence-corrected chi connectivity index (χ3v) is 4.72. The molecule has 23 heavy (non-hydrogen) atoms. The molecule has 0 saturated carbocycles. The second-order valence-electron chi connectivity index (χ2n) is 5.90. The highest BCUT2D eigenvalue weighted by Gasteiger charge is 2.31. The highest BCUT2D eigenvalue weighted by atomic mass is 16.5. The number of H-pyrrole nitrogens is 1. The van der Waals surface area contributed by atoms with Gasteiger partial charge in [-0.15, -0.1) is 0 Å². The number of quaternary nitrogens is 1. The third-order valence-electron chi connectivity index (χ3n) is 4.72. The van der Waals surface area contributed by atoms with Crippen molar-refractivity contribution in [3.63, 3.8) is 0 Å². The quantitative estimate of drug-likeness (QED) is 0.780. The van der Waals surface area contributed by atoms with Gasteiger partial charge < -0.3 is 19.8 Å². The highest BCUT2D eigenvalue weighted by Crippen LogP contribution is 2.38. The molecule has 0 radical (unpaired) electrons. The van der Waals surface area contributed by atoms with Crippen LogP contribution in [0, 0.1) is 0 Å². The molecule has 1 aliphatic rings. The van der Waals surface area contributed by atoms with Gasteiger partial charge in [0.15, 0.2) is 17.5 Å². The van der Waals surface area contributed by atoms with Crippen LogP contribution in [0.3, 0.4) is 0 Å². The van der Waals surface area contributed by atoms with Crippen molar-refractivity contribution in [1.29, 1.82) is 0 Å². The van der Waals surface area contributed by atoms with Crippen LogP contribution in [-0.2, 0) is 6.42 Å². The minimum atomic E-state index is 0.205. The minimum Gasteiger partial charge on any atom is -0.493 e. The number of fused-ring (bicyclic) bond motifs is 3. The van der Waals surface area contributed by atoms with E-state index in [1.807, 2.05) is 12.1 Å². The SMILES string of the molecule is COc1cccc([C@H]2[NH2+]CCc3c2[nH]c2ccccc32)c1OC. The zero-order chi connectivity index (χ0) is 15.8. The lowest BCUT2D eigenvalue weighted by atomic mass is 9.93. The highest BCUT2D eigenvalue weighted by molar-refractivity contribution is 5.85. The zero-order valence-electron chi connectivity index (χ0n) is 13.4. The molecule has 0 unspecified atom stereocenters. The Labute approximate surface area is 135 Å². The minimum absolute atomic E-state index is 0.205. The van der Waals surface area contributed by atoms with Gasteiger partial charge in [-0.25, -0.2) is 0 Å². The molecule has 0 bridgehead atoms. The predicted molar refractivity (Wildman–Crippen MR) is 90.2 cm³/mol. The lowest BCUT2D eigenvalue weighted by Crippen LogP contribution is -2.87. The molecule has 2 heterocycles. The Bertz CT molecular complexity index is 854. The van der Waals surface area contributed by atoms with E-state index in [0.717, 1.165) is 30.0 Å². The number of methoxy groups -OCH3 is 2. The number of aromatic amines is 1. The average Bonchev–Trinajstić information content (AvgIpc) is 2.99. The van der Waals surface area contributed by atoms with E-state index >= 15 is 0 Å². The molecule has 0 saturated heterocycles. The van der Waals surface area contributed by atoms with Crippen molar-refractivity contribution in [2.45, 2.75) is 12.5 Å². The van der Waals surface area contributed by atoms with Crippen LogP contribution in [0.15, 0.2) is 42.5 Å². The van der Waals surface area contributed by atoms with E-state index in [0.29, 0.717) is 0 Å². The van der Waals surface area contributed by atoms with E-state index in [4.69, 9.17) is 9.47 Å². The Hall–Kier alpha value is -2.46. The zero-order valence-corrected chi connectivity index (χ0v) is 13.4.